The second kappa shape index (κ2) is 9.75. The Balaban J connectivity index is 1.57. The molecule has 0 saturated carbocycles. The van der Waals surface area contributed by atoms with Gasteiger partial charge < -0.3 is 4.74 Å². The first-order valence-corrected chi connectivity index (χ1v) is 12.6. The minimum absolute atomic E-state index is 0.277. The lowest BCUT2D eigenvalue weighted by Crippen LogP contribution is -2.17. The first kappa shape index (κ1) is 22.8. The highest BCUT2D eigenvalue weighted by atomic mass is 16.5. The summed E-state index contributed by atoms with van der Waals surface area (Å²) in [6, 6.07) is 45.1. The van der Waals surface area contributed by atoms with Gasteiger partial charge in [-0.15, -0.1) is 0 Å². The Morgan fingerprint density at radius 1 is 0.514 bits per heavy atom. The summed E-state index contributed by atoms with van der Waals surface area (Å²) in [5.41, 5.74) is 4.80. The summed E-state index contributed by atoms with van der Waals surface area (Å²) in [6.07, 6.45) is 0. The molecule has 0 saturated heterocycles. The van der Waals surface area contributed by atoms with E-state index in [0.29, 0.717) is 5.75 Å². The number of hydrogen-bond acceptors (Lipinski definition) is 2. The molecule has 0 aliphatic carbocycles. The van der Waals surface area contributed by atoms with Gasteiger partial charge in [0.05, 0.1) is 5.92 Å². The summed E-state index contributed by atoms with van der Waals surface area (Å²) in [6.45, 7) is 1.90. The van der Waals surface area contributed by atoms with Crippen LogP contribution in [0.4, 0.5) is 0 Å². The highest BCUT2D eigenvalue weighted by Gasteiger charge is 2.23. The van der Waals surface area contributed by atoms with Gasteiger partial charge in [0, 0.05) is 11.1 Å². The fourth-order valence-electron chi connectivity index (χ4n) is 5.06. The van der Waals surface area contributed by atoms with Crippen molar-refractivity contribution in [2.24, 2.45) is 0 Å². The zero-order valence-electron chi connectivity index (χ0n) is 20.6. The van der Waals surface area contributed by atoms with E-state index < -0.39 is 5.92 Å². The van der Waals surface area contributed by atoms with Crippen molar-refractivity contribution in [3.8, 4) is 28.0 Å². The van der Waals surface area contributed by atoms with E-state index in [4.69, 9.17) is 4.74 Å². The van der Waals surface area contributed by atoms with Gasteiger partial charge in [-0.05, 0) is 45.2 Å². The lowest BCUT2D eigenvalue weighted by Gasteiger charge is -2.19. The van der Waals surface area contributed by atoms with Gasteiger partial charge in [-0.2, -0.15) is 0 Å². The Kier molecular flexibility index (Phi) is 6.00. The highest BCUT2D eigenvalue weighted by Crippen LogP contribution is 2.43. The van der Waals surface area contributed by atoms with E-state index in [0.717, 1.165) is 49.4 Å². The second-order valence-electron chi connectivity index (χ2n) is 9.29. The molecular formula is C35H26O2. The van der Waals surface area contributed by atoms with Gasteiger partial charge in [0.2, 0.25) is 0 Å². The van der Waals surface area contributed by atoms with Crippen molar-refractivity contribution in [1.82, 2.24) is 0 Å². The van der Waals surface area contributed by atoms with Gasteiger partial charge in [0.1, 0.15) is 5.75 Å². The summed E-state index contributed by atoms with van der Waals surface area (Å²) < 4.78 is 6.36. The molecule has 1 atom stereocenters. The molecule has 0 aromatic heterocycles. The van der Waals surface area contributed by atoms with Crippen molar-refractivity contribution in [2.45, 2.75) is 12.8 Å². The van der Waals surface area contributed by atoms with Gasteiger partial charge in [-0.1, -0.05) is 133 Å². The number of hydrogen-bond donors (Lipinski definition) is 0. The van der Waals surface area contributed by atoms with Crippen molar-refractivity contribution in [3.05, 3.63) is 139 Å². The SMILES string of the molecule is C[C@@H](C(=O)Oc1c(-c2cccc3ccccc23)cccc1-c1cccc2ccccc12)c1ccccc1. The van der Waals surface area contributed by atoms with Gasteiger partial charge >= 0.3 is 5.97 Å². The number of benzene rings is 6. The normalized spacial score (nSPS) is 11.9. The Morgan fingerprint density at radius 2 is 0.946 bits per heavy atom. The van der Waals surface area contributed by atoms with Crippen LogP contribution in [0.15, 0.2) is 133 Å². The summed E-state index contributed by atoms with van der Waals surface area (Å²) in [7, 11) is 0. The first-order valence-electron chi connectivity index (χ1n) is 12.6. The zero-order valence-corrected chi connectivity index (χ0v) is 20.6. The molecule has 0 radical (unpaired) electrons. The van der Waals surface area contributed by atoms with Crippen LogP contribution in [0, 0.1) is 0 Å². The molecule has 2 nitrogen and oxygen atoms in total. The van der Waals surface area contributed by atoms with E-state index in [1.807, 2.05) is 79.7 Å². The number of ether oxygens (including phenoxy) is 1. The number of fused-ring (bicyclic) bond motifs is 2. The van der Waals surface area contributed by atoms with Crippen LogP contribution in [-0.2, 0) is 4.79 Å². The van der Waals surface area contributed by atoms with Crippen LogP contribution in [0.2, 0.25) is 0 Å². The summed E-state index contributed by atoms with van der Waals surface area (Å²) in [4.78, 5) is 13.6. The lowest BCUT2D eigenvalue weighted by molar-refractivity contribution is -0.135. The molecule has 0 bridgehead atoms. The minimum Gasteiger partial charge on any atom is -0.425 e. The average Bonchev–Trinajstić information content (AvgIpc) is 2.97. The monoisotopic (exact) mass is 478 g/mol. The fourth-order valence-corrected chi connectivity index (χ4v) is 5.06. The number of rotatable bonds is 5. The molecule has 0 fully saturated rings. The molecule has 0 aliphatic rings. The minimum atomic E-state index is -0.401. The maximum Gasteiger partial charge on any atom is 0.318 e. The van der Waals surface area contributed by atoms with Gasteiger partial charge in [0.15, 0.2) is 0 Å². The Bertz CT molecular complexity index is 1630. The summed E-state index contributed by atoms with van der Waals surface area (Å²) in [5.74, 6) is -0.0921. The van der Waals surface area contributed by atoms with E-state index in [1.54, 1.807) is 0 Å². The fraction of sp³-hybridized carbons (Fsp3) is 0.0571. The van der Waals surface area contributed by atoms with E-state index in [1.165, 1.54) is 0 Å². The predicted octanol–water partition coefficient (Wildman–Crippen LogP) is 9.04. The van der Waals surface area contributed by atoms with Crippen LogP contribution < -0.4 is 4.74 Å². The Morgan fingerprint density at radius 3 is 1.51 bits per heavy atom. The molecular weight excluding hydrogens is 452 g/mol. The van der Waals surface area contributed by atoms with Gasteiger partial charge in [-0.25, -0.2) is 0 Å². The standard InChI is InChI=1S/C35H26O2/c1-24(25-12-3-2-4-13-25)35(36)37-34-32(30-20-9-16-26-14-5-7-18-28(26)30)22-11-23-33(34)31-21-10-17-27-15-6-8-19-29(27)31/h2-24H,1H3/t24-/m1/s1. The number of esters is 1. The Hall–Kier alpha value is -4.69. The topological polar surface area (TPSA) is 26.3 Å². The van der Waals surface area contributed by atoms with Crippen molar-refractivity contribution in [2.75, 3.05) is 0 Å². The number of para-hydroxylation sites is 1. The van der Waals surface area contributed by atoms with Crippen LogP contribution >= 0.6 is 0 Å². The molecule has 0 N–H and O–H groups in total. The van der Waals surface area contributed by atoms with E-state index in [2.05, 4.69) is 60.7 Å². The molecule has 178 valence electrons. The van der Waals surface area contributed by atoms with Crippen LogP contribution in [0.1, 0.15) is 18.4 Å². The van der Waals surface area contributed by atoms with E-state index in [-0.39, 0.29) is 5.97 Å². The van der Waals surface area contributed by atoms with Crippen LogP contribution in [0.3, 0.4) is 0 Å². The van der Waals surface area contributed by atoms with Crippen molar-refractivity contribution in [1.29, 1.82) is 0 Å². The van der Waals surface area contributed by atoms with Crippen molar-refractivity contribution < 1.29 is 9.53 Å². The van der Waals surface area contributed by atoms with E-state index in [9.17, 15) is 4.79 Å². The third kappa shape index (κ3) is 4.28. The molecule has 0 aliphatic heterocycles. The van der Waals surface area contributed by atoms with Gasteiger partial charge in [-0.3, -0.25) is 4.79 Å². The smallest absolute Gasteiger partial charge is 0.318 e. The van der Waals surface area contributed by atoms with Crippen LogP contribution in [-0.4, -0.2) is 5.97 Å². The van der Waals surface area contributed by atoms with E-state index >= 15 is 0 Å². The average molecular weight is 479 g/mol. The summed E-state index contributed by atoms with van der Waals surface area (Å²) in [5, 5.41) is 4.53. The number of carbonyl (C=O) groups excluding carboxylic acids is 1. The molecule has 0 amide bonds. The predicted molar refractivity (Wildman–Crippen MR) is 153 cm³/mol. The molecule has 0 spiro atoms. The molecule has 6 aromatic carbocycles. The quantitative estimate of drug-likeness (QED) is 0.182. The largest absolute Gasteiger partial charge is 0.425 e. The molecule has 0 unspecified atom stereocenters. The number of carbonyl (C=O) groups is 1. The van der Waals surface area contributed by atoms with Crippen LogP contribution in [0.5, 0.6) is 5.75 Å². The Labute approximate surface area is 216 Å². The highest BCUT2D eigenvalue weighted by molar-refractivity contribution is 6.03. The second-order valence-corrected chi connectivity index (χ2v) is 9.29. The third-order valence-electron chi connectivity index (χ3n) is 7.03. The maximum atomic E-state index is 13.6. The van der Waals surface area contributed by atoms with Gasteiger partial charge in [0.25, 0.3) is 0 Å². The maximum absolute atomic E-state index is 13.6. The zero-order chi connectivity index (χ0) is 25.2. The summed E-state index contributed by atoms with van der Waals surface area (Å²) >= 11 is 0. The lowest BCUT2D eigenvalue weighted by atomic mass is 9.92. The molecule has 37 heavy (non-hydrogen) atoms. The first-order chi connectivity index (χ1) is 18.2. The molecule has 6 rings (SSSR count). The van der Waals surface area contributed by atoms with Crippen molar-refractivity contribution in [3.63, 3.8) is 0 Å². The molecule has 0 heterocycles. The van der Waals surface area contributed by atoms with Crippen LogP contribution in [0.25, 0.3) is 43.8 Å². The third-order valence-corrected chi connectivity index (χ3v) is 7.03. The van der Waals surface area contributed by atoms with Crippen molar-refractivity contribution >= 4 is 27.5 Å². The molecule has 2 heteroatoms. The molecule has 6 aromatic rings.